The molecule has 0 radical (unpaired) electrons. The van der Waals surface area contributed by atoms with E-state index in [0.717, 1.165) is 18.4 Å². The van der Waals surface area contributed by atoms with E-state index in [-0.39, 0.29) is 6.04 Å². The van der Waals surface area contributed by atoms with Gasteiger partial charge in [0.1, 0.15) is 0 Å². The molecule has 1 heterocycles. The van der Waals surface area contributed by atoms with E-state index in [2.05, 4.69) is 22.2 Å². The molecule has 3 N–H and O–H groups in total. The Kier molecular flexibility index (Phi) is 4.08. The molecule has 0 fully saturated rings. The van der Waals surface area contributed by atoms with Crippen LogP contribution in [0.1, 0.15) is 24.4 Å². The number of aromatic nitrogens is 2. The zero-order chi connectivity index (χ0) is 9.52. The lowest BCUT2D eigenvalue weighted by molar-refractivity contribution is 0.518. The number of nitrogens with one attached hydrogen (secondary N) is 1. The Hall–Kier alpha value is -1.26. The van der Waals surface area contributed by atoms with Crippen molar-refractivity contribution in [1.29, 1.82) is 0 Å². The molecule has 0 spiro atoms. The van der Waals surface area contributed by atoms with Gasteiger partial charge in [-0.3, -0.25) is 11.3 Å². The smallest absolute Gasteiger partial charge is 0.0544 e. The third-order valence-corrected chi connectivity index (χ3v) is 1.87. The maximum atomic E-state index is 5.41. The van der Waals surface area contributed by atoms with Crippen molar-refractivity contribution in [2.45, 2.75) is 18.9 Å². The van der Waals surface area contributed by atoms with Crippen molar-refractivity contribution in [3.05, 3.63) is 36.7 Å². The van der Waals surface area contributed by atoms with Crippen molar-refractivity contribution < 1.29 is 0 Å². The zero-order valence-corrected chi connectivity index (χ0v) is 7.48. The summed E-state index contributed by atoms with van der Waals surface area (Å²) in [6.45, 7) is 3.66. The second kappa shape index (κ2) is 5.40. The van der Waals surface area contributed by atoms with Crippen LogP contribution in [0.5, 0.6) is 0 Å². The molecule has 1 rings (SSSR count). The van der Waals surface area contributed by atoms with Gasteiger partial charge in [0.05, 0.1) is 6.20 Å². The lowest BCUT2D eigenvalue weighted by Crippen LogP contribution is -2.28. The van der Waals surface area contributed by atoms with Crippen LogP contribution >= 0.6 is 0 Å². The van der Waals surface area contributed by atoms with Crippen molar-refractivity contribution in [3.63, 3.8) is 0 Å². The summed E-state index contributed by atoms with van der Waals surface area (Å²) in [6.07, 6.45) is 7.10. The van der Waals surface area contributed by atoms with Gasteiger partial charge < -0.3 is 0 Å². The van der Waals surface area contributed by atoms with Crippen molar-refractivity contribution in [3.8, 4) is 0 Å². The van der Waals surface area contributed by atoms with Crippen molar-refractivity contribution >= 4 is 0 Å². The molecule has 0 saturated carbocycles. The second-order valence-electron chi connectivity index (χ2n) is 2.76. The SMILES string of the molecule is C=CCCC(NN)c1ccnnc1. The number of hydrogen-bond donors (Lipinski definition) is 2. The minimum absolute atomic E-state index is 0.133. The maximum absolute atomic E-state index is 5.41. The first-order valence-electron chi connectivity index (χ1n) is 4.22. The molecule has 0 bridgehead atoms. The summed E-state index contributed by atoms with van der Waals surface area (Å²) < 4.78 is 0. The zero-order valence-electron chi connectivity index (χ0n) is 7.48. The molecule has 1 aromatic heterocycles. The first-order chi connectivity index (χ1) is 6.38. The quantitative estimate of drug-likeness (QED) is 0.400. The van der Waals surface area contributed by atoms with E-state index in [0.29, 0.717) is 0 Å². The van der Waals surface area contributed by atoms with E-state index in [1.165, 1.54) is 0 Å². The third kappa shape index (κ3) is 2.93. The van der Waals surface area contributed by atoms with Crippen LogP contribution in [0, 0.1) is 0 Å². The highest BCUT2D eigenvalue weighted by Gasteiger charge is 2.07. The number of hydrogen-bond acceptors (Lipinski definition) is 4. The van der Waals surface area contributed by atoms with Crippen LogP contribution in [0.2, 0.25) is 0 Å². The van der Waals surface area contributed by atoms with Crippen molar-refractivity contribution in [2.24, 2.45) is 5.84 Å². The molecule has 0 aliphatic rings. The van der Waals surface area contributed by atoms with Crippen LogP contribution in [0.3, 0.4) is 0 Å². The average Bonchev–Trinajstić information content (AvgIpc) is 2.21. The molecule has 4 nitrogen and oxygen atoms in total. The normalized spacial score (nSPS) is 12.4. The van der Waals surface area contributed by atoms with Crippen LogP contribution in [-0.4, -0.2) is 10.2 Å². The topological polar surface area (TPSA) is 63.8 Å². The maximum Gasteiger partial charge on any atom is 0.0544 e. The van der Waals surface area contributed by atoms with Gasteiger partial charge in [-0.05, 0) is 24.5 Å². The highest BCUT2D eigenvalue weighted by molar-refractivity contribution is 5.11. The lowest BCUT2D eigenvalue weighted by Gasteiger charge is -2.13. The highest BCUT2D eigenvalue weighted by atomic mass is 15.2. The fourth-order valence-corrected chi connectivity index (χ4v) is 1.14. The lowest BCUT2D eigenvalue weighted by atomic mass is 10.1. The predicted octanol–water partition coefficient (Wildman–Crippen LogP) is 0.947. The fourth-order valence-electron chi connectivity index (χ4n) is 1.14. The Morgan fingerprint density at radius 1 is 1.62 bits per heavy atom. The molecule has 4 heteroatoms. The van der Waals surface area contributed by atoms with Gasteiger partial charge in [-0.2, -0.15) is 10.2 Å². The van der Waals surface area contributed by atoms with Crippen molar-refractivity contribution in [1.82, 2.24) is 15.6 Å². The van der Waals surface area contributed by atoms with E-state index < -0.39 is 0 Å². The molecule has 1 atom stereocenters. The first kappa shape index (κ1) is 9.83. The summed E-state index contributed by atoms with van der Waals surface area (Å²) in [6, 6.07) is 2.04. The Morgan fingerprint density at radius 3 is 3.00 bits per heavy atom. The molecule has 0 amide bonds. The van der Waals surface area contributed by atoms with Crippen LogP contribution in [-0.2, 0) is 0 Å². The van der Waals surface area contributed by atoms with E-state index in [1.807, 2.05) is 12.1 Å². The van der Waals surface area contributed by atoms with Gasteiger partial charge in [0.15, 0.2) is 0 Å². The van der Waals surface area contributed by atoms with Gasteiger partial charge in [0.2, 0.25) is 0 Å². The van der Waals surface area contributed by atoms with E-state index >= 15 is 0 Å². The molecule has 13 heavy (non-hydrogen) atoms. The Bertz CT molecular complexity index is 247. The monoisotopic (exact) mass is 178 g/mol. The van der Waals surface area contributed by atoms with Crippen LogP contribution < -0.4 is 11.3 Å². The van der Waals surface area contributed by atoms with Gasteiger partial charge in [-0.25, -0.2) is 0 Å². The summed E-state index contributed by atoms with van der Waals surface area (Å²) in [5, 5.41) is 7.49. The van der Waals surface area contributed by atoms with Gasteiger partial charge in [-0.15, -0.1) is 6.58 Å². The van der Waals surface area contributed by atoms with Crippen LogP contribution in [0.25, 0.3) is 0 Å². The number of nitrogens with zero attached hydrogens (tertiary/aromatic N) is 2. The van der Waals surface area contributed by atoms with E-state index in [1.54, 1.807) is 12.4 Å². The third-order valence-electron chi connectivity index (χ3n) is 1.87. The second-order valence-corrected chi connectivity index (χ2v) is 2.76. The molecule has 1 unspecified atom stereocenters. The summed E-state index contributed by atoms with van der Waals surface area (Å²) >= 11 is 0. The number of rotatable bonds is 5. The van der Waals surface area contributed by atoms with Gasteiger partial charge in [0, 0.05) is 12.2 Å². The summed E-state index contributed by atoms with van der Waals surface area (Å²) in [7, 11) is 0. The van der Waals surface area contributed by atoms with Gasteiger partial charge >= 0.3 is 0 Å². The largest absolute Gasteiger partial charge is 0.271 e. The fraction of sp³-hybridized carbons (Fsp3) is 0.333. The van der Waals surface area contributed by atoms with Crippen LogP contribution in [0.15, 0.2) is 31.1 Å². The van der Waals surface area contributed by atoms with Gasteiger partial charge in [-0.1, -0.05) is 6.08 Å². The average molecular weight is 178 g/mol. The number of nitrogens with two attached hydrogens (primary N) is 1. The Balaban J connectivity index is 2.61. The van der Waals surface area contributed by atoms with E-state index in [4.69, 9.17) is 5.84 Å². The molecule has 0 aromatic carbocycles. The van der Waals surface area contributed by atoms with E-state index in [9.17, 15) is 0 Å². The van der Waals surface area contributed by atoms with Crippen LogP contribution in [0.4, 0.5) is 0 Å². The summed E-state index contributed by atoms with van der Waals surface area (Å²) in [5.74, 6) is 5.41. The molecular weight excluding hydrogens is 164 g/mol. The molecule has 0 aliphatic carbocycles. The number of allylic oxidation sites excluding steroid dienone is 1. The molecule has 0 aliphatic heterocycles. The standard InChI is InChI=1S/C9H14N4/c1-2-3-4-9(13-10)8-5-6-11-12-7-8/h2,5-7,9,13H,1,3-4,10H2. The van der Waals surface area contributed by atoms with Crippen molar-refractivity contribution in [2.75, 3.05) is 0 Å². The molecular formula is C9H14N4. The summed E-state index contributed by atoms with van der Waals surface area (Å²) in [4.78, 5) is 0. The molecule has 1 aromatic rings. The molecule has 70 valence electrons. The molecule has 0 saturated heterocycles. The summed E-state index contributed by atoms with van der Waals surface area (Å²) in [5.41, 5.74) is 3.79. The Labute approximate surface area is 77.8 Å². The van der Waals surface area contributed by atoms with Gasteiger partial charge in [0.25, 0.3) is 0 Å². The predicted molar refractivity (Wildman–Crippen MR) is 51.5 cm³/mol. The minimum atomic E-state index is 0.133. The number of hydrazine groups is 1. The Morgan fingerprint density at radius 2 is 2.46 bits per heavy atom. The highest BCUT2D eigenvalue weighted by Crippen LogP contribution is 2.15. The minimum Gasteiger partial charge on any atom is -0.271 e. The first-order valence-corrected chi connectivity index (χ1v) is 4.22.